The van der Waals surface area contributed by atoms with Crippen LogP contribution in [-0.4, -0.2) is 68.8 Å². The first-order chi connectivity index (χ1) is 31.4. The van der Waals surface area contributed by atoms with Crippen LogP contribution in [-0.2, 0) is 22.3 Å². The zero-order valence-electron chi connectivity index (χ0n) is 38.2. The molecule has 0 radical (unpaired) electrons. The summed E-state index contributed by atoms with van der Waals surface area (Å²) in [7, 11) is -2.62. The standard InChI is InChI=1S/C52H62N8O4Si/c1-37-43(19-12-21-45(37)59-50(62)47-26-24-39(35-57-47)33-54-29-30-56-49(61)23-14-28-53)44-20-13-22-46(38(44)2)60-51(63)48-27-25-40(36-58-48)34-55-31-32-64-65(52(3,4)5,41-15-8-6-9-16-41)42-17-10-7-11-18-42/h6-13,15-22,24-27,35-36,54-55H,14,23,28-34,53H2,1-5H3,(H,56,61)(H,59,62)(H,60,63). The maximum absolute atomic E-state index is 13.5. The third kappa shape index (κ3) is 12.5. The molecule has 2 heterocycles. The van der Waals surface area contributed by atoms with Crippen molar-refractivity contribution in [2.45, 2.75) is 65.6 Å². The van der Waals surface area contributed by atoms with Gasteiger partial charge in [-0.25, -0.2) is 0 Å². The van der Waals surface area contributed by atoms with Crippen molar-refractivity contribution in [3.05, 3.63) is 167 Å². The Hall–Kier alpha value is -6.35. The number of benzene rings is 4. The lowest BCUT2D eigenvalue weighted by atomic mass is 9.94. The van der Waals surface area contributed by atoms with Crippen LogP contribution in [0.2, 0.25) is 5.04 Å². The van der Waals surface area contributed by atoms with Gasteiger partial charge in [0, 0.05) is 69.5 Å². The van der Waals surface area contributed by atoms with Crippen molar-refractivity contribution < 1.29 is 18.8 Å². The maximum atomic E-state index is 13.5. The second-order valence-electron chi connectivity index (χ2n) is 17.1. The topological polar surface area (TPSA) is 172 Å². The van der Waals surface area contributed by atoms with Crippen molar-refractivity contribution >= 4 is 47.8 Å². The lowest BCUT2D eigenvalue weighted by Gasteiger charge is -2.43. The monoisotopic (exact) mass is 890 g/mol. The maximum Gasteiger partial charge on any atom is 0.274 e. The molecular weight excluding hydrogens is 829 g/mol. The third-order valence-corrected chi connectivity index (χ3v) is 16.5. The molecule has 0 aliphatic carbocycles. The van der Waals surface area contributed by atoms with Crippen molar-refractivity contribution in [3.63, 3.8) is 0 Å². The van der Waals surface area contributed by atoms with Crippen molar-refractivity contribution in [1.29, 1.82) is 0 Å². The van der Waals surface area contributed by atoms with Crippen molar-refractivity contribution in [1.82, 2.24) is 25.9 Å². The summed E-state index contributed by atoms with van der Waals surface area (Å²) in [6, 6.07) is 40.0. The molecule has 0 spiro atoms. The molecular formula is C52H62N8O4Si. The first-order valence-electron chi connectivity index (χ1n) is 22.3. The van der Waals surface area contributed by atoms with E-state index < -0.39 is 8.32 Å². The predicted octanol–water partition coefficient (Wildman–Crippen LogP) is 6.88. The van der Waals surface area contributed by atoms with E-state index in [1.54, 1.807) is 24.5 Å². The third-order valence-electron chi connectivity index (χ3n) is 11.5. The van der Waals surface area contributed by atoms with Gasteiger partial charge in [-0.3, -0.25) is 24.4 Å². The zero-order chi connectivity index (χ0) is 46.2. The molecule has 2 aromatic heterocycles. The number of amides is 3. The molecule has 3 amide bonds. The fourth-order valence-corrected chi connectivity index (χ4v) is 12.5. The Morgan fingerprint density at radius 3 is 1.55 bits per heavy atom. The number of aromatic nitrogens is 2. The summed E-state index contributed by atoms with van der Waals surface area (Å²) in [5.41, 5.74) is 12.9. The molecule has 0 saturated heterocycles. The Morgan fingerprint density at radius 2 is 1.11 bits per heavy atom. The van der Waals surface area contributed by atoms with Gasteiger partial charge in [-0.2, -0.15) is 0 Å². The molecule has 65 heavy (non-hydrogen) atoms. The summed E-state index contributed by atoms with van der Waals surface area (Å²) in [4.78, 5) is 47.4. The highest BCUT2D eigenvalue weighted by molar-refractivity contribution is 6.99. The van der Waals surface area contributed by atoms with E-state index in [4.69, 9.17) is 10.2 Å². The number of anilines is 2. The molecule has 0 atom stereocenters. The number of nitrogens with zero attached hydrogens (tertiary/aromatic N) is 2. The lowest BCUT2D eigenvalue weighted by molar-refractivity contribution is -0.121. The molecule has 0 aliphatic heterocycles. The Kier molecular flexibility index (Phi) is 17.0. The van der Waals surface area contributed by atoms with Crippen LogP contribution in [0.5, 0.6) is 0 Å². The van der Waals surface area contributed by atoms with Crippen LogP contribution in [0.1, 0.15) is 76.8 Å². The van der Waals surface area contributed by atoms with E-state index in [1.807, 2.05) is 74.5 Å². The predicted molar refractivity (Wildman–Crippen MR) is 264 cm³/mol. The van der Waals surface area contributed by atoms with E-state index >= 15 is 0 Å². The Balaban J connectivity index is 1.01. The molecule has 4 aromatic carbocycles. The molecule has 6 rings (SSSR count). The van der Waals surface area contributed by atoms with Crippen LogP contribution in [0.3, 0.4) is 0 Å². The fourth-order valence-electron chi connectivity index (χ4n) is 7.97. The van der Waals surface area contributed by atoms with Gasteiger partial charge < -0.3 is 36.7 Å². The molecule has 6 aromatic rings. The number of carbonyl (C=O) groups is 3. The normalized spacial score (nSPS) is 11.5. The van der Waals surface area contributed by atoms with Crippen molar-refractivity contribution in [3.8, 4) is 11.1 Å². The molecule has 0 fully saturated rings. The zero-order valence-corrected chi connectivity index (χ0v) is 39.2. The van der Waals surface area contributed by atoms with Crippen LogP contribution in [0.15, 0.2) is 134 Å². The summed E-state index contributed by atoms with van der Waals surface area (Å²) in [5.74, 6) is -0.635. The second-order valence-corrected chi connectivity index (χ2v) is 21.4. The molecule has 0 saturated carbocycles. The van der Waals surface area contributed by atoms with E-state index in [0.29, 0.717) is 81.5 Å². The van der Waals surface area contributed by atoms with Gasteiger partial charge in [0.2, 0.25) is 5.91 Å². The molecule has 0 bridgehead atoms. The molecule has 7 N–H and O–H groups in total. The SMILES string of the molecule is Cc1c(NC(=O)c2ccc(CNCCNC(=O)CCCN)cn2)cccc1-c1cccc(NC(=O)c2ccc(CNCCO[Si](c3ccccc3)(c3ccccc3)C(C)(C)C)cn2)c1C. The largest absolute Gasteiger partial charge is 0.406 e. The van der Waals surface area contributed by atoms with Crippen LogP contribution in [0, 0.1) is 13.8 Å². The minimum absolute atomic E-state index is 0.00579. The number of pyridine rings is 2. The first kappa shape index (κ1) is 48.1. The quantitative estimate of drug-likeness (QED) is 0.0333. The number of hydrogen-bond donors (Lipinski definition) is 6. The Morgan fingerprint density at radius 1 is 0.615 bits per heavy atom. The highest BCUT2D eigenvalue weighted by atomic mass is 28.4. The van der Waals surface area contributed by atoms with E-state index in [1.165, 1.54) is 10.4 Å². The van der Waals surface area contributed by atoms with E-state index in [9.17, 15) is 14.4 Å². The number of hydrogen-bond acceptors (Lipinski definition) is 9. The molecule has 0 aliphatic rings. The van der Waals surface area contributed by atoms with Gasteiger partial charge in [-0.15, -0.1) is 0 Å². The summed E-state index contributed by atoms with van der Waals surface area (Å²) < 4.78 is 7.01. The fraction of sp³-hybridized carbons (Fsp3) is 0.288. The lowest BCUT2D eigenvalue weighted by Crippen LogP contribution is -2.66. The van der Waals surface area contributed by atoms with Gasteiger partial charge in [-0.05, 0) is 99.9 Å². The van der Waals surface area contributed by atoms with E-state index in [0.717, 1.165) is 33.4 Å². The number of nitrogens with two attached hydrogens (primary N) is 1. The van der Waals surface area contributed by atoms with Gasteiger partial charge in [0.15, 0.2) is 0 Å². The molecule has 0 unspecified atom stereocenters. The number of carbonyl (C=O) groups excluding carboxylic acids is 3. The van der Waals surface area contributed by atoms with Gasteiger partial charge in [0.25, 0.3) is 20.1 Å². The van der Waals surface area contributed by atoms with Gasteiger partial charge in [-0.1, -0.05) is 118 Å². The highest BCUT2D eigenvalue weighted by Crippen LogP contribution is 2.37. The van der Waals surface area contributed by atoms with Gasteiger partial charge in [0.1, 0.15) is 11.4 Å². The average Bonchev–Trinajstić information content (AvgIpc) is 3.31. The van der Waals surface area contributed by atoms with Crippen LogP contribution in [0.4, 0.5) is 11.4 Å². The number of rotatable bonds is 21. The Bertz CT molecular complexity index is 2460. The van der Waals surface area contributed by atoms with Gasteiger partial charge in [0.05, 0.1) is 0 Å². The molecule has 338 valence electrons. The summed E-state index contributed by atoms with van der Waals surface area (Å²) in [5, 5.41) is 18.1. The molecule has 12 nitrogen and oxygen atoms in total. The first-order valence-corrected chi connectivity index (χ1v) is 24.2. The molecule has 13 heteroatoms. The average molecular weight is 891 g/mol. The second kappa shape index (κ2) is 23.0. The van der Waals surface area contributed by atoms with Crippen LogP contribution >= 0.6 is 0 Å². The van der Waals surface area contributed by atoms with Gasteiger partial charge >= 0.3 is 0 Å². The van der Waals surface area contributed by atoms with Crippen molar-refractivity contribution in [2.24, 2.45) is 5.73 Å². The van der Waals surface area contributed by atoms with Crippen LogP contribution < -0.4 is 42.7 Å². The minimum atomic E-state index is -2.62. The van der Waals surface area contributed by atoms with Crippen LogP contribution in [0.25, 0.3) is 11.1 Å². The summed E-state index contributed by atoms with van der Waals surface area (Å²) in [6.07, 6.45) is 4.51. The van der Waals surface area contributed by atoms with E-state index in [2.05, 4.69) is 106 Å². The number of nitrogens with one attached hydrogen (secondary N) is 5. The Labute approximate surface area is 384 Å². The minimum Gasteiger partial charge on any atom is -0.406 e. The smallest absolute Gasteiger partial charge is 0.274 e. The van der Waals surface area contributed by atoms with E-state index in [-0.39, 0.29) is 22.8 Å². The van der Waals surface area contributed by atoms with Crippen molar-refractivity contribution in [2.75, 3.05) is 43.4 Å². The summed E-state index contributed by atoms with van der Waals surface area (Å²) in [6.45, 7) is 14.7. The highest BCUT2D eigenvalue weighted by Gasteiger charge is 2.50. The summed E-state index contributed by atoms with van der Waals surface area (Å²) >= 11 is 0.